The van der Waals surface area contributed by atoms with Gasteiger partial charge in [-0.1, -0.05) is 12.1 Å². The third-order valence-electron chi connectivity index (χ3n) is 4.31. The van der Waals surface area contributed by atoms with Crippen LogP contribution in [0, 0.1) is 5.82 Å². The highest BCUT2D eigenvalue weighted by Gasteiger charge is 2.23. The Kier molecular flexibility index (Phi) is 5.82. The molecule has 25 heavy (non-hydrogen) atoms. The van der Waals surface area contributed by atoms with E-state index < -0.39 is 0 Å². The quantitative estimate of drug-likeness (QED) is 0.818. The van der Waals surface area contributed by atoms with E-state index >= 15 is 0 Å². The molecule has 0 amide bonds. The maximum absolute atomic E-state index is 13.3. The maximum Gasteiger partial charge on any atom is 0.282 e. The number of ether oxygens (including phenoxy) is 1. The van der Waals surface area contributed by atoms with Gasteiger partial charge in [0.1, 0.15) is 10.3 Å². The van der Waals surface area contributed by atoms with Crippen molar-refractivity contribution < 1.29 is 9.13 Å². The second kappa shape index (κ2) is 8.07. The number of halogens is 2. The van der Waals surface area contributed by atoms with E-state index in [4.69, 9.17) is 4.74 Å². The van der Waals surface area contributed by atoms with Crippen molar-refractivity contribution in [2.45, 2.75) is 6.04 Å². The largest absolute Gasteiger partial charge is 0.381 e. The lowest BCUT2D eigenvalue weighted by Gasteiger charge is -2.35. The summed E-state index contributed by atoms with van der Waals surface area (Å²) in [5.41, 5.74) is 1.46. The van der Waals surface area contributed by atoms with E-state index in [1.807, 2.05) is 0 Å². The first-order chi connectivity index (χ1) is 12.1. The van der Waals surface area contributed by atoms with Crippen LogP contribution in [0.1, 0.15) is 11.6 Å². The zero-order valence-electron chi connectivity index (χ0n) is 13.9. The second-order valence-electron chi connectivity index (χ2n) is 5.90. The fourth-order valence-electron chi connectivity index (χ4n) is 2.87. The molecule has 2 aromatic rings. The van der Waals surface area contributed by atoms with Crippen LogP contribution in [-0.2, 0) is 11.8 Å². The number of morpholine rings is 1. The standard InChI is InChI=1S/C17H20BrFN4O2/c1-22-17(24)16(18)14(10-21-22)20-11-15(23-6-8-25-9-7-23)12-2-4-13(19)5-3-12/h2-5,10,15,20H,6-9,11H2,1H3. The van der Waals surface area contributed by atoms with Crippen molar-refractivity contribution in [1.29, 1.82) is 0 Å². The predicted octanol–water partition coefficient (Wildman–Crippen LogP) is 2.17. The highest BCUT2D eigenvalue weighted by atomic mass is 79.9. The molecule has 1 aromatic heterocycles. The number of rotatable bonds is 5. The molecule has 1 N–H and O–H groups in total. The van der Waals surface area contributed by atoms with E-state index in [0.29, 0.717) is 29.9 Å². The van der Waals surface area contributed by atoms with Gasteiger partial charge in [-0.3, -0.25) is 9.69 Å². The van der Waals surface area contributed by atoms with Gasteiger partial charge in [-0.25, -0.2) is 9.07 Å². The molecule has 0 aliphatic carbocycles. The Balaban J connectivity index is 1.81. The van der Waals surface area contributed by atoms with Crippen LogP contribution in [0.3, 0.4) is 0 Å². The summed E-state index contributed by atoms with van der Waals surface area (Å²) < 4.78 is 20.4. The number of hydrogen-bond donors (Lipinski definition) is 1. The summed E-state index contributed by atoms with van der Waals surface area (Å²) in [6.45, 7) is 3.53. The average Bonchev–Trinajstić information content (AvgIpc) is 2.64. The Morgan fingerprint density at radius 2 is 2.00 bits per heavy atom. The Bertz CT molecular complexity index is 775. The van der Waals surface area contributed by atoms with Crippen molar-refractivity contribution in [3.05, 3.63) is 56.7 Å². The number of nitrogens with one attached hydrogen (secondary N) is 1. The molecule has 2 heterocycles. The zero-order valence-corrected chi connectivity index (χ0v) is 15.5. The summed E-state index contributed by atoms with van der Waals surface area (Å²) in [6.07, 6.45) is 1.62. The second-order valence-corrected chi connectivity index (χ2v) is 6.69. The fourth-order valence-corrected chi connectivity index (χ4v) is 3.37. The lowest BCUT2D eigenvalue weighted by atomic mass is 10.0. The van der Waals surface area contributed by atoms with Gasteiger partial charge in [0.05, 0.1) is 31.1 Å². The molecule has 1 fully saturated rings. The number of nitrogens with zero attached hydrogens (tertiary/aromatic N) is 3. The van der Waals surface area contributed by atoms with Gasteiger partial charge in [0.2, 0.25) is 0 Å². The Labute approximate surface area is 153 Å². The highest BCUT2D eigenvalue weighted by Crippen LogP contribution is 2.24. The van der Waals surface area contributed by atoms with Crippen molar-refractivity contribution in [2.75, 3.05) is 38.2 Å². The lowest BCUT2D eigenvalue weighted by Crippen LogP contribution is -2.41. The van der Waals surface area contributed by atoms with Gasteiger partial charge in [-0.05, 0) is 33.6 Å². The topological polar surface area (TPSA) is 59.4 Å². The number of aromatic nitrogens is 2. The molecule has 0 saturated carbocycles. The maximum atomic E-state index is 13.3. The molecule has 1 atom stereocenters. The molecular weight excluding hydrogens is 391 g/mol. The summed E-state index contributed by atoms with van der Waals surface area (Å²) in [5.74, 6) is -0.254. The van der Waals surface area contributed by atoms with Crippen LogP contribution < -0.4 is 10.9 Å². The van der Waals surface area contributed by atoms with Crippen LogP contribution in [-0.4, -0.2) is 47.5 Å². The third kappa shape index (κ3) is 4.26. The first kappa shape index (κ1) is 18.0. The van der Waals surface area contributed by atoms with Gasteiger partial charge >= 0.3 is 0 Å². The number of benzene rings is 1. The van der Waals surface area contributed by atoms with Crippen LogP contribution in [0.15, 0.2) is 39.7 Å². The molecule has 0 spiro atoms. The first-order valence-corrected chi connectivity index (χ1v) is 8.88. The molecule has 1 aromatic carbocycles. The minimum atomic E-state index is -0.254. The van der Waals surface area contributed by atoms with Crippen LogP contribution in [0.5, 0.6) is 0 Å². The van der Waals surface area contributed by atoms with E-state index in [-0.39, 0.29) is 17.4 Å². The summed E-state index contributed by atoms with van der Waals surface area (Å²) in [7, 11) is 1.60. The molecule has 0 radical (unpaired) electrons. The van der Waals surface area contributed by atoms with Crippen molar-refractivity contribution in [3.63, 3.8) is 0 Å². The van der Waals surface area contributed by atoms with Gasteiger partial charge in [-0.15, -0.1) is 0 Å². The van der Waals surface area contributed by atoms with E-state index in [9.17, 15) is 9.18 Å². The molecular formula is C17H20BrFN4O2. The van der Waals surface area contributed by atoms with Crippen LogP contribution in [0.25, 0.3) is 0 Å². The summed E-state index contributed by atoms with van der Waals surface area (Å²) >= 11 is 3.32. The van der Waals surface area contributed by atoms with Gasteiger partial charge in [0, 0.05) is 26.7 Å². The van der Waals surface area contributed by atoms with Gasteiger partial charge in [0.15, 0.2) is 0 Å². The molecule has 1 aliphatic rings. The first-order valence-electron chi connectivity index (χ1n) is 8.09. The van der Waals surface area contributed by atoms with E-state index in [2.05, 4.69) is 31.2 Å². The lowest BCUT2D eigenvalue weighted by molar-refractivity contribution is 0.0187. The SMILES string of the molecule is Cn1ncc(NCC(c2ccc(F)cc2)N2CCOCC2)c(Br)c1=O. The van der Waals surface area contributed by atoms with E-state index in [0.717, 1.165) is 18.7 Å². The fraction of sp³-hybridized carbons (Fsp3) is 0.412. The van der Waals surface area contributed by atoms with Crippen molar-refractivity contribution >= 4 is 21.6 Å². The van der Waals surface area contributed by atoms with Crippen molar-refractivity contribution in [2.24, 2.45) is 7.05 Å². The minimum absolute atomic E-state index is 0.0421. The van der Waals surface area contributed by atoms with Crippen molar-refractivity contribution in [1.82, 2.24) is 14.7 Å². The molecule has 1 unspecified atom stereocenters. The van der Waals surface area contributed by atoms with E-state index in [1.165, 1.54) is 16.8 Å². The Morgan fingerprint density at radius 1 is 1.32 bits per heavy atom. The Hall–Kier alpha value is -1.77. The average molecular weight is 411 g/mol. The molecule has 6 nitrogen and oxygen atoms in total. The van der Waals surface area contributed by atoms with Crippen LogP contribution in [0.4, 0.5) is 10.1 Å². The minimum Gasteiger partial charge on any atom is -0.381 e. The molecule has 134 valence electrons. The van der Waals surface area contributed by atoms with Crippen molar-refractivity contribution in [3.8, 4) is 0 Å². The predicted molar refractivity (Wildman–Crippen MR) is 97.2 cm³/mol. The summed E-state index contributed by atoms with van der Waals surface area (Å²) in [6, 6.07) is 6.58. The monoisotopic (exact) mass is 410 g/mol. The van der Waals surface area contributed by atoms with Crippen LogP contribution in [0.2, 0.25) is 0 Å². The van der Waals surface area contributed by atoms with Gasteiger partial charge in [-0.2, -0.15) is 5.10 Å². The molecule has 3 rings (SSSR count). The smallest absolute Gasteiger partial charge is 0.282 e. The van der Waals surface area contributed by atoms with Gasteiger partial charge < -0.3 is 10.1 Å². The molecule has 8 heteroatoms. The summed E-state index contributed by atoms with van der Waals surface area (Å²) in [5, 5.41) is 7.34. The van der Waals surface area contributed by atoms with Gasteiger partial charge in [0.25, 0.3) is 5.56 Å². The zero-order chi connectivity index (χ0) is 17.8. The van der Waals surface area contributed by atoms with Crippen LogP contribution >= 0.6 is 15.9 Å². The number of aryl methyl sites for hydroxylation is 1. The molecule has 1 aliphatic heterocycles. The number of anilines is 1. The third-order valence-corrected chi connectivity index (χ3v) is 5.07. The highest BCUT2D eigenvalue weighted by molar-refractivity contribution is 9.10. The molecule has 1 saturated heterocycles. The Morgan fingerprint density at radius 3 is 2.68 bits per heavy atom. The normalized spacial score (nSPS) is 16.6. The summed E-state index contributed by atoms with van der Waals surface area (Å²) in [4.78, 5) is 14.3. The number of hydrogen-bond acceptors (Lipinski definition) is 5. The molecule has 0 bridgehead atoms. The van der Waals surface area contributed by atoms with E-state index in [1.54, 1.807) is 25.4 Å².